The summed E-state index contributed by atoms with van der Waals surface area (Å²) in [4.78, 5) is 2.21. The Balaban J connectivity index is 1.57. The highest BCUT2D eigenvalue weighted by Crippen LogP contribution is 2.69. The molecule has 0 bridgehead atoms. The first kappa shape index (κ1) is 42.4. The van der Waals surface area contributed by atoms with Gasteiger partial charge in [-0.05, 0) is 132 Å². The fraction of sp³-hybridized carbons (Fsp3) is 0.921. The van der Waals surface area contributed by atoms with E-state index in [0.717, 1.165) is 64.3 Å². The molecule has 4 saturated carbocycles. The Hall–Kier alpha value is -2.39. The molecule has 0 saturated heterocycles. The first-order valence-electron chi connectivity index (χ1n) is 20.3. The lowest BCUT2D eigenvalue weighted by Crippen LogP contribution is -2.63. The lowest BCUT2D eigenvalue weighted by atomic mass is 9.43. The van der Waals surface area contributed by atoms with Crippen LogP contribution in [0.4, 0.5) is 0 Å². The number of nitrogens with one attached hydrogen (secondary N) is 6. The molecule has 4 fully saturated rings. The maximum absolute atomic E-state index is 7.59. The summed E-state index contributed by atoms with van der Waals surface area (Å²) in [5, 5.41) is 31.4. The molecule has 4 aliphatic carbocycles. The Bertz CT molecular complexity index is 1150. The standard InChI is InChI=1S/C38H75N11O3/c1-25(9-5-17-49(4)24-39)28-10-11-29-33-30(23-32(38(28,29)3)52-20-8-16-48-36(44)45)37(2)13-12-27(50-18-6-14-46-34(40)41)21-26(37)22-31(33)51-19-7-15-47-35(42)43/h25-33H,5-24,39H2,1-4H3,(H4,40,41,46)(H4,42,43,47)(H4,44,45,48)/t25-,26?,27-,28?,29+,30+,31-,32+,33?,37?,38?/m1/s1. The van der Waals surface area contributed by atoms with Crippen LogP contribution in [0.15, 0.2) is 0 Å². The van der Waals surface area contributed by atoms with Gasteiger partial charge in [0, 0.05) is 51.5 Å². The summed E-state index contributed by atoms with van der Waals surface area (Å²) in [6.07, 6.45) is 13.2. The minimum absolute atomic E-state index is 0.00489. The zero-order valence-corrected chi connectivity index (χ0v) is 32.8. The van der Waals surface area contributed by atoms with Crippen LogP contribution < -0.4 is 38.9 Å². The average Bonchev–Trinajstić information content (AvgIpc) is 3.45. The number of rotatable bonds is 21. The van der Waals surface area contributed by atoms with Crippen molar-refractivity contribution < 1.29 is 14.2 Å². The predicted molar refractivity (Wildman–Crippen MR) is 209 cm³/mol. The Morgan fingerprint density at radius 2 is 1.38 bits per heavy atom. The fourth-order valence-electron chi connectivity index (χ4n) is 11.2. The van der Waals surface area contributed by atoms with Crippen LogP contribution in [0.1, 0.15) is 97.8 Å². The topological polar surface area (TPSA) is 243 Å². The third kappa shape index (κ3) is 10.6. The number of guanidine groups is 3. The van der Waals surface area contributed by atoms with E-state index in [-0.39, 0.29) is 47.0 Å². The van der Waals surface area contributed by atoms with Crippen molar-refractivity contribution in [3.63, 3.8) is 0 Å². The van der Waals surface area contributed by atoms with E-state index >= 15 is 0 Å². The van der Waals surface area contributed by atoms with Crippen molar-refractivity contribution in [2.75, 3.05) is 59.7 Å². The monoisotopic (exact) mass is 734 g/mol. The lowest BCUT2D eigenvalue weighted by Gasteiger charge is -2.65. The lowest BCUT2D eigenvalue weighted by molar-refractivity contribution is -0.227. The molecule has 14 nitrogen and oxygen atoms in total. The van der Waals surface area contributed by atoms with Crippen LogP contribution >= 0.6 is 0 Å². The Labute approximate surface area is 313 Å². The van der Waals surface area contributed by atoms with Crippen molar-refractivity contribution in [3.05, 3.63) is 0 Å². The van der Waals surface area contributed by atoms with Gasteiger partial charge in [-0.25, -0.2) is 0 Å². The number of nitrogens with two attached hydrogens (primary N) is 4. The van der Waals surface area contributed by atoms with Crippen LogP contribution in [0.2, 0.25) is 0 Å². The van der Waals surface area contributed by atoms with E-state index in [4.69, 9.17) is 53.4 Å². The second-order valence-corrected chi connectivity index (χ2v) is 17.0. The Morgan fingerprint density at radius 3 is 1.98 bits per heavy atom. The first-order chi connectivity index (χ1) is 24.8. The molecule has 0 aromatic rings. The van der Waals surface area contributed by atoms with Gasteiger partial charge in [-0.15, -0.1) is 0 Å². The summed E-state index contributed by atoms with van der Waals surface area (Å²) in [6, 6.07) is 0. The maximum atomic E-state index is 7.59. The molecule has 0 spiro atoms. The van der Waals surface area contributed by atoms with Crippen LogP contribution in [0.5, 0.6) is 0 Å². The summed E-state index contributed by atoms with van der Waals surface area (Å²) < 4.78 is 20.5. The molecule has 5 unspecified atom stereocenters. The minimum Gasteiger partial charge on any atom is -0.378 e. The molecule has 14 heteroatoms. The smallest absolute Gasteiger partial charge is 0.185 e. The van der Waals surface area contributed by atoms with Crippen LogP contribution in [0.3, 0.4) is 0 Å². The molecule has 4 rings (SSSR count). The van der Waals surface area contributed by atoms with Gasteiger partial charge in [-0.1, -0.05) is 20.8 Å². The van der Waals surface area contributed by atoms with E-state index in [0.29, 0.717) is 81.6 Å². The van der Waals surface area contributed by atoms with E-state index in [2.05, 4.69) is 48.7 Å². The SMILES string of the molecule is C[C@H](CCCN(C)CN)C1CC[C@H]2C3[C@H](OCCCNC(=N)N)CC4C[C@H](OCCCNC(=N)N)CCC4(C)[C@H]3C[C@H](OCCCNC(=N)N)C12C. The summed E-state index contributed by atoms with van der Waals surface area (Å²) in [5.74, 6) is 3.18. The van der Waals surface area contributed by atoms with E-state index < -0.39 is 0 Å². The minimum atomic E-state index is 0.00489. The Kier molecular flexibility index (Phi) is 16.1. The summed E-state index contributed by atoms with van der Waals surface area (Å²) in [7, 11) is 2.10. The van der Waals surface area contributed by atoms with Gasteiger partial charge >= 0.3 is 0 Å². The van der Waals surface area contributed by atoms with Crippen molar-refractivity contribution >= 4 is 17.9 Å². The first-order valence-corrected chi connectivity index (χ1v) is 20.3. The van der Waals surface area contributed by atoms with E-state index in [9.17, 15) is 0 Å². The second-order valence-electron chi connectivity index (χ2n) is 17.0. The quantitative estimate of drug-likeness (QED) is 0.0356. The molecule has 14 N–H and O–H groups in total. The second kappa shape index (κ2) is 19.8. The van der Waals surface area contributed by atoms with Crippen molar-refractivity contribution in [1.82, 2.24) is 20.9 Å². The number of fused-ring (bicyclic) bond motifs is 5. The third-order valence-corrected chi connectivity index (χ3v) is 13.9. The number of hydrogen-bond donors (Lipinski definition) is 10. The van der Waals surface area contributed by atoms with Crippen molar-refractivity contribution in [3.8, 4) is 0 Å². The molecule has 300 valence electrons. The summed E-state index contributed by atoms with van der Waals surface area (Å²) in [6.45, 7) is 13.2. The normalized spacial score (nSPS) is 34.5. The summed E-state index contributed by atoms with van der Waals surface area (Å²) >= 11 is 0. The van der Waals surface area contributed by atoms with Crippen molar-refractivity contribution in [2.45, 2.75) is 116 Å². The van der Waals surface area contributed by atoms with Gasteiger partial charge in [0.2, 0.25) is 0 Å². The van der Waals surface area contributed by atoms with Gasteiger partial charge in [-0.2, -0.15) is 0 Å². The third-order valence-electron chi connectivity index (χ3n) is 13.9. The molecular formula is C38H75N11O3. The predicted octanol–water partition coefficient (Wildman–Crippen LogP) is 2.90. The van der Waals surface area contributed by atoms with Gasteiger partial charge in [0.25, 0.3) is 0 Å². The molecule has 4 aliphatic rings. The van der Waals surface area contributed by atoms with Crippen LogP contribution in [0.25, 0.3) is 0 Å². The summed E-state index contributed by atoms with van der Waals surface area (Å²) in [5.41, 5.74) is 22.8. The highest BCUT2D eigenvalue weighted by atomic mass is 16.5. The molecule has 0 aromatic heterocycles. The number of hydrogen-bond acceptors (Lipinski definition) is 8. The van der Waals surface area contributed by atoms with E-state index in [1.54, 1.807) is 0 Å². The average molecular weight is 734 g/mol. The van der Waals surface area contributed by atoms with Gasteiger partial charge in [0.05, 0.1) is 18.3 Å². The maximum Gasteiger partial charge on any atom is 0.185 e. The fourth-order valence-corrected chi connectivity index (χ4v) is 11.2. The highest BCUT2D eigenvalue weighted by molar-refractivity contribution is 5.74. The molecule has 0 radical (unpaired) electrons. The zero-order valence-electron chi connectivity index (χ0n) is 32.8. The number of ether oxygens (including phenoxy) is 3. The number of nitrogens with zero attached hydrogens (tertiary/aromatic N) is 1. The molecule has 0 amide bonds. The Morgan fingerprint density at radius 1 is 0.788 bits per heavy atom. The molecule has 0 heterocycles. The van der Waals surface area contributed by atoms with Crippen LogP contribution in [0, 0.1) is 62.6 Å². The van der Waals surface area contributed by atoms with Crippen LogP contribution in [-0.2, 0) is 14.2 Å². The van der Waals surface area contributed by atoms with Crippen molar-refractivity contribution in [1.29, 1.82) is 16.2 Å². The molecule has 52 heavy (non-hydrogen) atoms. The van der Waals surface area contributed by atoms with Gasteiger partial charge < -0.3 is 53.1 Å². The van der Waals surface area contributed by atoms with E-state index in [1.165, 1.54) is 19.3 Å². The molecular weight excluding hydrogens is 658 g/mol. The largest absolute Gasteiger partial charge is 0.378 e. The van der Waals surface area contributed by atoms with Gasteiger partial charge in [-0.3, -0.25) is 21.1 Å². The van der Waals surface area contributed by atoms with Crippen LogP contribution in [-0.4, -0.2) is 101 Å². The molecule has 11 atom stereocenters. The van der Waals surface area contributed by atoms with Crippen molar-refractivity contribution in [2.24, 2.45) is 69.3 Å². The van der Waals surface area contributed by atoms with Gasteiger partial charge in [0.1, 0.15) is 0 Å². The van der Waals surface area contributed by atoms with E-state index in [1.807, 2.05) is 0 Å². The molecule has 0 aliphatic heterocycles. The molecule has 0 aromatic carbocycles. The van der Waals surface area contributed by atoms with Gasteiger partial charge in [0.15, 0.2) is 17.9 Å². The highest BCUT2D eigenvalue weighted by Gasteiger charge is 2.66. The zero-order chi connectivity index (χ0) is 37.9.